The molecule has 0 radical (unpaired) electrons. The van der Waals surface area contributed by atoms with Crippen LogP contribution in [0.25, 0.3) is 0 Å². The molecule has 0 aliphatic rings. The highest BCUT2D eigenvalue weighted by atomic mass is 14.4. The van der Waals surface area contributed by atoms with Crippen molar-refractivity contribution in [1.29, 1.82) is 0 Å². The molecule has 0 saturated carbocycles. The molecule has 0 aromatic heterocycles. The standard InChI is InChI=1S/C17H36/c1-9-15(7)12-17(10-2,11-13(3)4)16(8)14(5)6/h13-16H,9-12H2,1-8H3. The van der Waals surface area contributed by atoms with E-state index in [0.717, 1.165) is 23.7 Å². The normalized spacial score (nSPS) is 19.4. The van der Waals surface area contributed by atoms with E-state index in [9.17, 15) is 0 Å². The zero-order chi connectivity index (χ0) is 13.6. The maximum Gasteiger partial charge on any atom is -0.0267 e. The third-order valence-corrected chi connectivity index (χ3v) is 4.94. The van der Waals surface area contributed by atoms with Crippen molar-refractivity contribution >= 4 is 0 Å². The fourth-order valence-electron chi connectivity index (χ4n) is 3.42. The lowest BCUT2D eigenvalue weighted by atomic mass is 9.61. The van der Waals surface area contributed by atoms with Crippen molar-refractivity contribution in [1.82, 2.24) is 0 Å². The zero-order valence-electron chi connectivity index (χ0n) is 13.6. The molecule has 3 unspecified atom stereocenters. The minimum absolute atomic E-state index is 0.567. The van der Waals surface area contributed by atoms with Crippen LogP contribution < -0.4 is 0 Å². The van der Waals surface area contributed by atoms with Gasteiger partial charge in [0.1, 0.15) is 0 Å². The maximum atomic E-state index is 2.49. The molecule has 0 bridgehead atoms. The van der Waals surface area contributed by atoms with E-state index in [1.54, 1.807) is 0 Å². The van der Waals surface area contributed by atoms with Crippen LogP contribution in [0.4, 0.5) is 0 Å². The summed E-state index contributed by atoms with van der Waals surface area (Å²) in [5.41, 5.74) is 0.567. The van der Waals surface area contributed by atoms with Crippen molar-refractivity contribution in [3.8, 4) is 0 Å². The SMILES string of the molecule is CCC(C)CC(CC)(CC(C)C)C(C)C(C)C. The summed E-state index contributed by atoms with van der Waals surface area (Å²) in [4.78, 5) is 0. The van der Waals surface area contributed by atoms with Crippen LogP contribution in [0.1, 0.15) is 81.1 Å². The van der Waals surface area contributed by atoms with Crippen molar-refractivity contribution < 1.29 is 0 Å². The first-order valence-corrected chi connectivity index (χ1v) is 7.79. The van der Waals surface area contributed by atoms with Crippen molar-refractivity contribution in [3.63, 3.8) is 0 Å². The lowest BCUT2D eigenvalue weighted by Crippen LogP contribution is -2.34. The lowest BCUT2D eigenvalue weighted by molar-refractivity contribution is 0.0619. The van der Waals surface area contributed by atoms with Gasteiger partial charge in [-0.3, -0.25) is 0 Å². The van der Waals surface area contributed by atoms with Crippen molar-refractivity contribution in [2.45, 2.75) is 81.1 Å². The Balaban J connectivity index is 4.99. The van der Waals surface area contributed by atoms with Crippen LogP contribution in [-0.4, -0.2) is 0 Å². The molecule has 0 aromatic carbocycles. The summed E-state index contributed by atoms with van der Waals surface area (Å²) in [6.07, 6.45) is 5.48. The van der Waals surface area contributed by atoms with Gasteiger partial charge >= 0.3 is 0 Å². The fraction of sp³-hybridized carbons (Fsp3) is 1.00. The van der Waals surface area contributed by atoms with E-state index in [2.05, 4.69) is 55.4 Å². The number of rotatable bonds is 8. The molecule has 0 nitrogen and oxygen atoms in total. The molecule has 0 fully saturated rings. The van der Waals surface area contributed by atoms with Gasteiger partial charge in [-0.25, -0.2) is 0 Å². The first-order chi connectivity index (χ1) is 7.79. The molecular weight excluding hydrogens is 204 g/mol. The Kier molecular flexibility index (Phi) is 7.44. The highest BCUT2D eigenvalue weighted by Crippen LogP contribution is 2.46. The average Bonchev–Trinajstić information content (AvgIpc) is 2.25. The Morgan fingerprint density at radius 1 is 0.824 bits per heavy atom. The van der Waals surface area contributed by atoms with Gasteiger partial charge in [0, 0.05) is 0 Å². The Morgan fingerprint density at radius 2 is 1.35 bits per heavy atom. The second-order valence-corrected chi connectivity index (χ2v) is 7.06. The largest absolute Gasteiger partial charge is 0.0651 e. The number of hydrogen-bond acceptors (Lipinski definition) is 0. The Morgan fingerprint density at radius 3 is 1.65 bits per heavy atom. The summed E-state index contributed by atoms with van der Waals surface area (Å²) in [5, 5.41) is 0. The quantitative estimate of drug-likeness (QED) is 0.477. The van der Waals surface area contributed by atoms with Crippen LogP contribution in [0.2, 0.25) is 0 Å². The highest BCUT2D eigenvalue weighted by Gasteiger charge is 2.37. The molecule has 0 spiro atoms. The molecule has 0 aromatic rings. The summed E-state index contributed by atoms with van der Waals surface area (Å²) < 4.78 is 0. The van der Waals surface area contributed by atoms with Gasteiger partial charge in [0.15, 0.2) is 0 Å². The van der Waals surface area contributed by atoms with Crippen LogP contribution in [0.3, 0.4) is 0 Å². The summed E-state index contributed by atoms with van der Waals surface area (Å²) in [7, 11) is 0. The summed E-state index contributed by atoms with van der Waals surface area (Å²) >= 11 is 0. The van der Waals surface area contributed by atoms with Crippen LogP contribution in [-0.2, 0) is 0 Å². The van der Waals surface area contributed by atoms with Gasteiger partial charge in [0.2, 0.25) is 0 Å². The first-order valence-electron chi connectivity index (χ1n) is 7.79. The first kappa shape index (κ1) is 17.0. The van der Waals surface area contributed by atoms with Gasteiger partial charge < -0.3 is 0 Å². The molecule has 0 N–H and O–H groups in total. The van der Waals surface area contributed by atoms with E-state index in [1.807, 2.05) is 0 Å². The smallest absolute Gasteiger partial charge is 0.0267 e. The van der Waals surface area contributed by atoms with E-state index in [4.69, 9.17) is 0 Å². The summed E-state index contributed by atoms with van der Waals surface area (Å²) in [5.74, 6) is 3.33. The summed E-state index contributed by atoms with van der Waals surface area (Å²) in [6, 6.07) is 0. The average molecular weight is 240 g/mol. The molecule has 17 heavy (non-hydrogen) atoms. The molecule has 0 heteroatoms. The summed E-state index contributed by atoms with van der Waals surface area (Å²) in [6.45, 7) is 19.2. The predicted molar refractivity (Wildman–Crippen MR) is 80.3 cm³/mol. The van der Waals surface area contributed by atoms with Gasteiger partial charge in [0.25, 0.3) is 0 Å². The fourth-order valence-corrected chi connectivity index (χ4v) is 3.42. The monoisotopic (exact) mass is 240 g/mol. The molecule has 3 atom stereocenters. The molecule has 0 saturated heterocycles. The lowest BCUT2D eigenvalue weighted by Gasteiger charge is -2.44. The van der Waals surface area contributed by atoms with Gasteiger partial charge in [0.05, 0.1) is 0 Å². The van der Waals surface area contributed by atoms with Gasteiger partial charge in [-0.2, -0.15) is 0 Å². The molecular formula is C17H36. The van der Waals surface area contributed by atoms with Crippen LogP contribution in [0.15, 0.2) is 0 Å². The molecule has 0 aliphatic heterocycles. The third kappa shape index (κ3) is 5.02. The van der Waals surface area contributed by atoms with Crippen molar-refractivity contribution in [2.24, 2.45) is 29.1 Å². The Bertz CT molecular complexity index is 192. The molecule has 0 amide bonds. The molecule has 0 rings (SSSR count). The van der Waals surface area contributed by atoms with Gasteiger partial charge in [-0.15, -0.1) is 0 Å². The van der Waals surface area contributed by atoms with Crippen LogP contribution in [0.5, 0.6) is 0 Å². The van der Waals surface area contributed by atoms with E-state index in [-0.39, 0.29) is 0 Å². The minimum atomic E-state index is 0.567. The Hall–Kier alpha value is 0. The van der Waals surface area contributed by atoms with Gasteiger partial charge in [-0.1, -0.05) is 68.2 Å². The van der Waals surface area contributed by atoms with Crippen LogP contribution >= 0.6 is 0 Å². The molecule has 104 valence electrons. The van der Waals surface area contributed by atoms with Gasteiger partial charge in [-0.05, 0) is 41.9 Å². The van der Waals surface area contributed by atoms with E-state index >= 15 is 0 Å². The second kappa shape index (κ2) is 7.44. The Labute approximate surface area is 111 Å². The van der Waals surface area contributed by atoms with Crippen molar-refractivity contribution in [2.75, 3.05) is 0 Å². The van der Waals surface area contributed by atoms with E-state index in [0.29, 0.717) is 5.41 Å². The van der Waals surface area contributed by atoms with Crippen molar-refractivity contribution in [3.05, 3.63) is 0 Å². The predicted octanol–water partition coefficient (Wildman–Crippen LogP) is 6.16. The third-order valence-electron chi connectivity index (χ3n) is 4.94. The van der Waals surface area contributed by atoms with E-state index < -0.39 is 0 Å². The zero-order valence-corrected chi connectivity index (χ0v) is 13.6. The maximum absolute atomic E-state index is 2.49. The molecule has 0 aliphatic carbocycles. The topological polar surface area (TPSA) is 0 Å². The highest BCUT2D eigenvalue weighted by molar-refractivity contribution is 4.87. The van der Waals surface area contributed by atoms with Crippen LogP contribution in [0, 0.1) is 29.1 Å². The number of hydrogen-bond donors (Lipinski definition) is 0. The molecule has 0 heterocycles. The second-order valence-electron chi connectivity index (χ2n) is 7.06. The van der Waals surface area contributed by atoms with E-state index in [1.165, 1.54) is 25.7 Å². The minimum Gasteiger partial charge on any atom is -0.0651 e.